The Morgan fingerprint density at radius 1 is 1.00 bits per heavy atom. The molecular weight excluding hydrogens is 388 g/mol. The van der Waals surface area contributed by atoms with Gasteiger partial charge in [0.1, 0.15) is 5.69 Å². The van der Waals surface area contributed by atoms with Crippen molar-refractivity contribution >= 4 is 22.7 Å². The van der Waals surface area contributed by atoms with Gasteiger partial charge in [-0.1, -0.05) is 60.7 Å². The van der Waals surface area contributed by atoms with E-state index in [1.54, 1.807) is 11.7 Å². The number of Topliss-reactive ketones (excluding diaryl/α,β-unsaturated/α-hetero) is 1. The Bertz CT molecular complexity index is 1340. The fourth-order valence-electron chi connectivity index (χ4n) is 4.32. The molecule has 0 fully saturated rings. The van der Waals surface area contributed by atoms with E-state index in [0.717, 1.165) is 22.9 Å². The maximum absolute atomic E-state index is 12.7. The van der Waals surface area contributed by atoms with Crippen LogP contribution >= 0.6 is 0 Å². The Balaban J connectivity index is 1.29. The van der Waals surface area contributed by atoms with Gasteiger partial charge in [0.25, 0.3) is 0 Å². The number of ether oxygens (including phenoxy) is 1. The van der Waals surface area contributed by atoms with Crippen molar-refractivity contribution in [3.05, 3.63) is 89.1 Å². The average Bonchev–Trinajstić information content (AvgIpc) is 3.34. The van der Waals surface area contributed by atoms with E-state index in [1.165, 1.54) is 22.3 Å². The molecule has 1 unspecified atom stereocenters. The number of hydrogen-bond donors (Lipinski definition) is 0. The smallest absolute Gasteiger partial charge is 0.313 e. The van der Waals surface area contributed by atoms with Crippen LogP contribution in [-0.4, -0.2) is 28.1 Å². The molecule has 1 aliphatic rings. The third-order valence-corrected chi connectivity index (χ3v) is 6.04. The van der Waals surface area contributed by atoms with Gasteiger partial charge in [-0.15, -0.1) is 0 Å². The maximum atomic E-state index is 12.7. The van der Waals surface area contributed by atoms with Crippen LogP contribution < -0.4 is 0 Å². The Kier molecular flexibility index (Phi) is 4.66. The molecule has 5 nitrogen and oxygen atoms in total. The second kappa shape index (κ2) is 7.51. The lowest BCUT2D eigenvalue weighted by atomic mass is 9.96. The van der Waals surface area contributed by atoms with E-state index in [4.69, 9.17) is 4.74 Å². The van der Waals surface area contributed by atoms with Gasteiger partial charge in [-0.3, -0.25) is 14.3 Å². The highest BCUT2D eigenvalue weighted by molar-refractivity contribution is 6.07. The normalized spacial score (nSPS) is 13.0. The molecule has 0 bridgehead atoms. The first-order chi connectivity index (χ1) is 15.0. The van der Waals surface area contributed by atoms with Gasteiger partial charge in [0.2, 0.25) is 5.78 Å². The van der Waals surface area contributed by atoms with Crippen molar-refractivity contribution in [3.8, 4) is 11.1 Å². The van der Waals surface area contributed by atoms with Crippen molar-refractivity contribution in [2.24, 2.45) is 7.05 Å². The molecule has 3 aromatic carbocycles. The molecule has 1 heterocycles. The van der Waals surface area contributed by atoms with Gasteiger partial charge < -0.3 is 4.74 Å². The second-order valence-electron chi connectivity index (χ2n) is 7.99. The van der Waals surface area contributed by atoms with Gasteiger partial charge in [0.15, 0.2) is 6.61 Å². The second-order valence-corrected chi connectivity index (χ2v) is 7.99. The number of benzene rings is 3. The van der Waals surface area contributed by atoms with Crippen LogP contribution in [0.4, 0.5) is 0 Å². The first kappa shape index (κ1) is 19.2. The molecule has 1 aliphatic carbocycles. The lowest BCUT2D eigenvalue weighted by molar-refractivity contribution is -0.143. The number of para-hydroxylation sites is 1. The Morgan fingerprint density at radius 3 is 2.61 bits per heavy atom. The van der Waals surface area contributed by atoms with Crippen LogP contribution in [0.25, 0.3) is 22.0 Å². The van der Waals surface area contributed by atoms with Crippen LogP contribution in [0.15, 0.2) is 66.7 Å². The molecule has 0 aliphatic heterocycles. The number of hydrogen-bond acceptors (Lipinski definition) is 4. The minimum Gasteiger partial charge on any atom is -0.457 e. The zero-order valence-electron chi connectivity index (χ0n) is 17.5. The summed E-state index contributed by atoms with van der Waals surface area (Å²) >= 11 is 0. The number of nitrogens with zero attached hydrogens (tertiary/aromatic N) is 2. The lowest BCUT2D eigenvalue weighted by Gasteiger charge is -2.13. The molecule has 154 valence electrons. The summed E-state index contributed by atoms with van der Waals surface area (Å²) in [7, 11) is 1.79. The van der Waals surface area contributed by atoms with E-state index in [-0.39, 0.29) is 12.4 Å². The molecular formula is C26H22N2O3. The molecule has 0 N–H and O–H groups in total. The minimum atomic E-state index is -0.456. The standard InChI is InChI=1S/C26H22N2O3/c1-16(17-11-12-21-19(13-17)14-18-7-3-4-8-20(18)21)26(30)31-15-24(29)25-22-9-5-6-10-23(22)28(2)27-25/h3-13,16H,14-15H2,1-2H3. The summed E-state index contributed by atoms with van der Waals surface area (Å²) in [4.78, 5) is 25.3. The number of ketones is 1. The molecule has 0 saturated heterocycles. The number of esters is 1. The fraction of sp³-hybridized carbons (Fsp3) is 0.192. The molecule has 1 atom stereocenters. The highest BCUT2D eigenvalue weighted by Crippen LogP contribution is 2.37. The molecule has 0 radical (unpaired) electrons. The largest absolute Gasteiger partial charge is 0.457 e. The van der Waals surface area contributed by atoms with Gasteiger partial charge in [0.05, 0.1) is 11.4 Å². The van der Waals surface area contributed by atoms with Gasteiger partial charge >= 0.3 is 5.97 Å². The Labute approximate surface area is 180 Å². The molecule has 4 aromatic rings. The van der Waals surface area contributed by atoms with Crippen molar-refractivity contribution in [1.29, 1.82) is 0 Å². The summed E-state index contributed by atoms with van der Waals surface area (Å²) in [6.07, 6.45) is 0.867. The monoisotopic (exact) mass is 410 g/mol. The van der Waals surface area contributed by atoms with E-state index in [2.05, 4.69) is 29.4 Å². The van der Waals surface area contributed by atoms with Crippen LogP contribution in [0.1, 0.15) is 40.0 Å². The van der Waals surface area contributed by atoms with Crippen molar-refractivity contribution in [1.82, 2.24) is 9.78 Å². The van der Waals surface area contributed by atoms with Gasteiger partial charge in [-0.25, -0.2) is 0 Å². The summed E-state index contributed by atoms with van der Waals surface area (Å²) in [5.74, 6) is -1.17. The third kappa shape index (κ3) is 3.32. The Hall–Kier alpha value is -3.73. The SMILES string of the molecule is CC(C(=O)OCC(=O)c1nn(C)c2ccccc12)c1ccc2c(c1)Cc1ccccc1-2. The zero-order chi connectivity index (χ0) is 21.5. The third-order valence-electron chi connectivity index (χ3n) is 6.04. The minimum absolute atomic E-state index is 0.304. The van der Waals surface area contributed by atoms with E-state index >= 15 is 0 Å². The van der Waals surface area contributed by atoms with E-state index < -0.39 is 11.9 Å². The number of aromatic nitrogens is 2. The van der Waals surface area contributed by atoms with Crippen LogP contribution in [0.2, 0.25) is 0 Å². The molecule has 1 aromatic heterocycles. The average molecular weight is 410 g/mol. The first-order valence-electron chi connectivity index (χ1n) is 10.4. The lowest BCUT2D eigenvalue weighted by Crippen LogP contribution is -2.19. The first-order valence-corrected chi connectivity index (χ1v) is 10.4. The number of rotatable bonds is 5. The van der Waals surface area contributed by atoms with Crippen LogP contribution in [0.5, 0.6) is 0 Å². The highest BCUT2D eigenvalue weighted by atomic mass is 16.5. The summed E-state index contributed by atoms with van der Waals surface area (Å²) in [5.41, 5.74) is 7.09. The molecule has 0 saturated carbocycles. The van der Waals surface area contributed by atoms with Crippen molar-refractivity contribution in [2.75, 3.05) is 6.61 Å². The topological polar surface area (TPSA) is 61.2 Å². The van der Waals surface area contributed by atoms with Crippen molar-refractivity contribution < 1.29 is 14.3 Å². The summed E-state index contributed by atoms with van der Waals surface area (Å²) in [6, 6.07) is 22.0. The van der Waals surface area contributed by atoms with Crippen LogP contribution in [0, 0.1) is 0 Å². The summed E-state index contributed by atoms with van der Waals surface area (Å²) < 4.78 is 7.04. The number of carbonyl (C=O) groups is 2. The molecule has 0 amide bonds. The predicted molar refractivity (Wildman–Crippen MR) is 119 cm³/mol. The van der Waals surface area contributed by atoms with Gasteiger partial charge in [-0.05, 0) is 47.2 Å². The highest BCUT2D eigenvalue weighted by Gasteiger charge is 2.24. The fourth-order valence-corrected chi connectivity index (χ4v) is 4.32. The number of fused-ring (bicyclic) bond motifs is 4. The maximum Gasteiger partial charge on any atom is 0.313 e. The van der Waals surface area contributed by atoms with Gasteiger partial charge in [0, 0.05) is 12.4 Å². The van der Waals surface area contributed by atoms with Crippen LogP contribution in [0.3, 0.4) is 0 Å². The number of carbonyl (C=O) groups excluding carboxylic acids is 2. The quantitative estimate of drug-likeness (QED) is 0.312. The molecule has 31 heavy (non-hydrogen) atoms. The number of aryl methyl sites for hydroxylation is 1. The Morgan fingerprint density at radius 2 is 1.74 bits per heavy atom. The summed E-state index contributed by atoms with van der Waals surface area (Å²) in [5, 5.41) is 5.07. The van der Waals surface area contributed by atoms with Gasteiger partial charge in [-0.2, -0.15) is 5.10 Å². The van der Waals surface area contributed by atoms with Crippen LogP contribution in [-0.2, 0) is 23.0 Å². The van der Waals surface area contributed by atoms with E-state index in [1.807, 2.05) is 49.4 Å². The van der Waals surface area contributed by atoms with Crippen molar-refractivity contribution in [2.45, 2.75) is 19.3 Å². The molecule has 5 heteroatoms. The van der Waals surface area contributed by atoms with Crippen molar-refractivity contribution in [3.63, 3.8) is 0 Å². The predicted octanol–water partition coefficient (Wildman–Crippen LogP) is 4.67. The molecule has 5 rings (SSSR count). The molecule has 0 spiro atoms. The van der Waals surface area contributed by atoms with E-state index in [0.29, 0.717) is 5.69 Å². The van der Waals surface area contributed by atoms with E-state index in [9.17, 15) is 9.59 Å². The zero-order valence-corrected chi connectivity index (χ0v) is 17.5. The summed E-state index contributed by atoms with van der Waals surface area (Å²) in [6.45, 7) is 1.49.